The van der Waals surface area contributed by atoms with E-state index < -0.39 is 0 Å². The van der Waals surface area contributed by atoms with Crippen molar-refractivity contribution in [3.05, 3.63) is 24.3 Å². The lowest BCUT2D eigenvalue weighted by Gasteiger charge is -2.11. The monoisotopic (exact) mass is 208 g/mol. The first-order valence-corrected chi connectivity index (χ1v) is 6.11. The molecule has 0 bridgehead atoms. The van der Waals surface area contributed by atoms with E-state index in [1.807, 2.05) is 0 Å². The molecule has 2 nitrogen and oxygen atoms in total. The van der Waals surface area contributed by atoms with Crippen molar-refractivity contribution in [1.29, 1.82) is 0 Å². The van der Waals surface area contributed by atoms with Gasteiger partial charge in [-0.25, -0.2) is 0 Å². The molecule has 1 aliphatic rings. The Morgan fingerprint density at radius 2 is 2.00 bits per heavy atom. The van der Waals surface area contributed by atoms with Crippen molar-refractivity contribution >= 4 is 17.4 Å². The Morgan fingerprint density at radius 1 is 1.36 bits per heavy atom. The molecule has 14 heavy (non-hydrogen) atoms. The van der Waals surface area contributed by atoms with Crippen molar-refractivity contribution < 1.29 is 0 Å². The Balaban J connectivity index is 1.89. The molecule has 76 valence electrons. The van der Waals surface area contributed by atoms with E-state index in [1.165, 1.54) is 10.6 Å². The SMILES string of the molecule is CSc1ccc(NCC2(N)CC2)cc1. The number of benzene rings is 1. The van der Waals surface area contributed by atoms with Crippen molar-refractivity contribution in [2.24, 2.45) is 5.73 Å². The van der Waals surface area contributed by atoms with Gasteiger partial charge in [-0.1, -0.05) is 0 Å². The van der Waals surface area contributed by atoms with E-state index in [-0.39, 0.29) is 5.54 Å². The van der Waals surface area contributed by atoms with Crippen LogP contribution in [-0.4, -0.2) is 18.3 Å². The molecule has 0 saturated heterocycles. The Hall–Kier alpha value is -0.670. The van der Waals surface area contributed by atoms with Gasteiger partial charge in [-0.2, -0.15) is 0 Å². The Labute approximate surface area is 89.3 Å². The molecule has 0 aliphatic heterocycles. The van der Waals surface area contributed by atoms with Gasteiger partial charge in [-0.15, -0.1) is 11.8 Å². The molecule has 2 rings (SSSR count). The lowest BCUT2D eigenvalue weighted by atomic mass is 10.2. The standard InChI is InChI=1S/C11H16N2S/c1-14-10-4-2-9(3-5-10)13-8-11(12)6-7-11/h2-5,13H,6-8,12H2,1H3. The minimum atomic E-state index is 0.0815. The van der Waals surface area contributed by atoms with Gasteiger partial charge in [0.2, 0.25) is 0 Å². The van der Waals surface area contributed by atoms with E-state index in [1.54, 1.807) is 11.8 Å². The van der Waals surface area contributed by atoms with Crippen molar-refractivity contribution in [1.82, 2.24) is 0 Å². The van der Waals surface area contributed by atoms with Gasteiger partial charge in [0, 0.05) is 22.7 Å². The van der Waals surface area contributed by atoms with Crippen LogP contribution in [0.3, 0.4) is 0 Å². The summed E-state index contributed by atoms with van der Waals surface area (Å²) >= 11 is 1.76. The van der Waals surface area contributed by atoms with Crippen LogP contribution in [0, 0.1) is 0 Å². The fourth-order valence-corrected chi connectivity index (χ4v) is 1.73. The summed E-state index contributed by atoms with van der Waals surface area (Å²) < 4.78 is 0. The molecule has 1 saturated carbocycles. The molecule has 3 heteroatoms. The molecule has 1 aromatic rings. The predicted molar refractivity (Wildman–Crippen MR) is 62.9 cm³/mol. The molecule has 0 heterocycles. The average Bonchev–Trinajstić information content (AvgIpc) is 2.95. The summed E-state index contributed by atoms with van der Waals surface area (Å²) in [6.45, 7) is 0.894. The van der Waals surface area contributed by atoms with E-state index in [9.17, 15) is 0 Å². The lowest BCUT2D eigenvalue weighted by molar-refractivity contribution is 0.713. The molecule has 0 atom stereocenters. The molecule has 0 aromatic heterocycles. The number of rotatable bonds is 4. The highest BCUT2D eigenvalue weighted by Crippen LogP contribution is 2.32. The summed E-state index contributed by atoms with van der Waals surface area (Å²) in [4.78, 5) is 1.30. The Bertz CT molecular complexity index is 304. The zero-order valence-electron chi connectivity index (χ0n) is 8.42. The number of hydrogen-bond acceptors (Lipinski definition) is 3. The minimum Gasteiger partial charge on any atom is -0.383 e. The molecule has 1 aliphatic carbocycles. The van der Waals surface area contributed by atoms with Crippen LogP contribution in [0.25, 0.3) is 0 Å². The van der Waals surface area contributed by atoms with Gasteiger partial charge in [0.05, 0.1) is 0 Å². The first kappa shape index (κ1) is 9.87. The second-order valence-electron chi connectivity index (χ2n) is 3.94. The molecular weight excluding hydrogens is 192 g/mol. The number of nitrogens with one attached hydrogen (secondary N) is 1. The number of hydrogen-bond donors (Lipinski definition) is 2. The Kier molecular flexibility index (Phi) is 2.70. The fourth-order valence-electron chi connectivity index (χ4n) is 1.32. The van der Waals surface area contributed by atoms with Gasteiger partial charge in [0.25, 0.3) is 0 Å². The second kappa shape index (κ2) is 3.83. The van der Waals surface area contributed by atoms with E-state index in [2.05, 4.69) is 35.8 Å². The maximum Gasteiger partial charge on any atom is 0.0341 e. The van der Waals surface area contributed by atoms with Gasteiger partial charge in [0.1, 0.15) is 0 Å². The number of anilines is 1. The van der Waals surface area contributed by atoms with Crippen LogP contribution in [0.5, 0.6) is 0 Å². The largest absolute Gasteiger partial charge is 0.383 e. The third kappa shape index (κ3) is 2.42. The maximum atomic E-state index is 5.98. The van der Waals surface area contributed by atoms with E-state index >= 15 is 0 Å². The highest BCUT2D eigenvalue weighted by atomic mass is 32.2. The third-order valence-electron chi connectivity index (χ3n) is 2.63. The number of thioether (sulfide) groups is 1. The van der Waals surface area contributed by atoms with Crippen molar-refractivity contribution in [2.45, 2.75) is 23.3 Å². The first-order valence-electron chi connectivity index (χ1n) is 4.89. The molecule has 0 unspecified atom stereocenters. The van der Waals surface area contributed by atoms with Gasteiger partial charge < -0.3 is 11.1 Å². The van der Waals surface area contributed by atoms with Crippen LogP contribution >= 0.6 is 11.8 Å². The summed E-state index contributed by atoms with van der Waals surface area (Å²) in [5.41, 5.74) is 7.23. The minimum absolute atomic E-state index is 0.0815. The van der Waals surface area contributed by atoms with Crippen LogP contribution in [-0.2, 0) is 0 Å². The van der Waals surface area contributed by atoms with Crippen molar-refractivity contribution in [3.63, 3.8) is 0 Å². The molecule has 1 fully saturated rings. The molecule has 0 amide bonds. The molecular formula is C11H16N2S. The van der Waals surface area contributed by atoms with Gasteiger partial charge in [0.15, 0.2) is 0 Å². The maximum absolute atomic E-state index is 5.98. The molecule has 1 aromatic carbocycles. The predicted octanol–water partition coefficient (Wildman–Crippen LogP) is 2.31. The zero-order chi connectivity index (χ0) is 10.0. The lowest BCUT2D eigenvalue weighted by Crippen LogP contribution is -2.30. The fraction of sp³-hybridized carbons (Fsp3) is 0.455. The Morgan fingerprint density at radius 3 is 2.50 bits per heavy atom. The van der Waals surface area contributed by atoms with Crippen LogP contribution < -0.4 is 11.1 Å². The van der Waals surface area contributed by atoms with Gasteiger partial charge in [-0.05, 0) is 43.4 Å². The summed E-state index contributed by atoms with van der Waals surface area (Å²) in [7, 11) is 0. The van der Waals surface area contributed by atoms with Crippen molar-refractivity contribution in [2.75, 3.05) is 18.1 Å². The van der Waals surface area contributed by atoms with Crippen LogP contribution in [0.2, 0.25) is 0 Å². The highest BCUT2D eigenvalue weighted by molar-refractivity contribution is 7.98. The molecule has 0 radical (unpaired) electrons. The summed E-state index contributed by atoms with van der Waals surface area (Å²) in [6.07, 6.45) is 4.40. The van der Waals surface area contributed by atoms with Crippen molar-refractivity contribution in [3.8, 4) is 0 Å². The zero-order valence-corrected chi connectivity index (χ0v) is 9.23. The average molecular weight is 208 g/mol. The molecule has 0 spiro atoms. The van der Waals surface area contributed by atoms with Crippen LogP contribution in [0.4, 0.5) is 5.69 Å². The smallest absolute Gasteiger partial charge is 0.0341 e. The van der Waals surface area contributed by atoms with E-state index in [0.717, 1.165) is 19.4 Å². The van der Waals surface area contributed by atoms with Gasteiger partial charge >= 0.3 is 0 Å². The van der Waals surface area contributed by atoms with E-state index in [0.29, 0.717) is 0 Å². The first-order chi connectivity index (χ1) is 6.72. The quantitative estimate of drug-likeness (QED) is 0.746. The van der Waals surface area contributed by atoms with E-state index in [4.69, 9.17) is 5.73 Å². The highest BCUT2D eigenvalue weighted by Gasteiger charge is 2.37. The topological polar surface area (TPSA) is 38.0 Å². The third-order valence-corrected chi connectivity index (χ3v) is 3.37. The summed E-state index contributed by atoms with van der Waals surface area (Å²) in [6, 6.07) is 8.47. The molecule has 3 N–H and O–H groups in total. The number of nitrogens with two attached hydrogens (primary N) is 1. The van der Waals surface area contributed by atoms with Gasteiger partial charge in [-0.3, -0.25) is 0 Å². The normalized spacial score (nSPS) is 17.9. The summed E-state index contributed by atoms with van der Waals surface area (Å²) in [5, 5.41) is 3.36. The van der Waals surface area contributed by atoms with Crippen LogP contribution in [0.15, 0.2) is 29.2 Å². The second-order valence-corrected chi connectivity index (χ2v) is 4.82. The summed E-state index contributed by atoms with van der Waals surface area (Å²) in [5.74, 6) is 0. The van der Waals surface area contributed by atoms with Crippen LogP contribution in [0.1, 0.15) is 12.8 Å².